The van der Waals surface area contributed by atoms with Crippen LogP contribution in [0.5, 0.6) is 5.75 Å². The van der Waals surface area contributed by atoms with Crippen LogP contribution in [0.4, 0.5) is 5.00 Å². The van der Waals surface area contributed by atoms with Crippen molar-refractivity contribution in [1.82, 2.24) is 0 Å². The van der Waals surface area contributed by atoms with Gasteiger partial charge in [0, 0.05) is 27.1 Å². The van der Waals surface area contributed by atoms with E-state index in [-0.39, 0.29) is 12.5 Å². The van der Waals surface area contributed by atoms with Gasteiger partial charge in [-0.3, -0.25) is 10.1 Å². The molecule has 134 valence electrons. The van der Waals surface area contributed by atoms with E-state index in [1.165, 1.54) is 11.3 Å². The molecular weight excluding hydrogens is 374 g/mol. The Morgan fingerprint density at radius 1 is 1.15 bits per heavy atom. The first-order chi connectivity index (χ1) is 12.6. The molecule has 0 spiro atoms. The molecule has 0 aliphatic rings. The summed E-state index contributed by atoms with van der Waals surface area (Å²) in [6.45, 7) is -0.0420. The largest absolute Gasteiger partial charge is 0.497 e. The number of carbonyl (C=O) groups excluding carboxylic acids is 1. The number of halogens is 1. The molecule has 3 rings (SSSR count). The van der Waals surface area contributed by atoms with E-state index in [2.05, 4.69) is 10.2 Å². The Labute approximate surface area is 159 Å². The van der Waals surface area contributed by atoms with Crippen molar-refractivity contribution in [1.29, 1.82) is 0 Å². The minimum absolute atomic E-state index is 0.0420. The van der Waals surface area contributed by atoms with Crippen molar-refractivity contribution >= 4 is 33.8 Å². The third-order valence-electron chi connectivity index (χ3n) is 3.84. The number of nitrogens with one attached hydrogen (secondary N) is 1. The second-order valence-electron chi connectivity index (χ2n) is 5.42. The SMILES string of the molecule is COc1ccc(C(=O)Nc2scc(-c3ccc(Cl)cc3)c2COO)cc1. The van der Waals surface area contributed by atoms with Gasteiger partial charge in [0.1, 0.15) is 17.4 Å². The molecule has 0 fully saturated rings. The lowest BCUT2D eigenvalue weighted by molar-refractivity contribution is -0.252. The van der Waals surface area contributed by atoms with Crippen LogP contribution in [0.3, 0.4) is 0 Å². The number of methoxy groups -OCH3 is 1. The maximum Gasteiger partial charge on any atom is 0.256 e. The van der Waals surface area contributed by atoms with E-state index in [0.717, 1.165) is 11.1 Å². The first kappa shape index (κ1) is 18.4. The van der Waals surface area contributed by atoms with Crippen LogP contribution >= 0.6 is 22.9 Å². The van der Waals surface area contributed by atoms with Gasteiger partial charge in [-0.1, -0.05) is 23.7 Å². The average Bonchev–Trinajstić information content (AvgIpc) is 3.05. The Bertz CT molecular complexity index is 891. The zero-order valence-corrected chi connectivity index (χ0v) is 15.4. The van der Waals surface area contributed by atoms with Gasteiger partial charge < -0.3 is 10.1 Å². The zero-order chi connectivity index (χ0) is 18.5. The fourth-order valence-corrected chi connectivity index (χ4v) is 3.59. The molecule has 0 saturated carbocycles. The first-order valence-corrected chi connectivity index (χ1v) is 8.96. The Hall–Kier alpha value is -2.38. The van der Waals surface area contributed by atoms with E-state index >= 15 is 0 Å². The van der Waals surface area contributed by atoms with E-state index in [4.69, 9.17) is 21.6 Å². The Morgan fingerprint density at radius 2 is 1.85 bits per heavy atom. The Balaban J connectivity index is 1.87. The second-order valence-corrected chi connectivity index (χ2v) is 6.74. The van der Waals surface area contributed by atoms with E-state index in [1.807, 2.05) is 17.5 Å². The molecule has 0 aliphatic heterocycles. The van der Waals surface area contributed by atoms with Crippen LogP contribution in [-0.2, 0) is 11.5 Å². The van der Waals surface area contributed by atoms with Crippen LogP contribution < -0.4 is 10.1 Å². The van der Waals surface area contributed by atoms with E-state index in [1.54, 1.807) is 43.5 Å². The summed E-state index contributed by atoms with van der Waals surface area (Å²) in [5.74, 6) is 0.424. The molecule has 1 amide bonds. The highest BCUT2D eigenvalue weighted by atomic mass is 35.5. The van der Waals surface area contributed by atoms with Crippen molar-refractivity contribution in [2.45, 2.75) is 6.61 Å². The van der Waals surface area contributed by atoms with Gasteiger partial charge >= 0.3 is 0 Å². The summed E-state index contributed by atoms with van der Waals surface area (Å²) in [5, 5.41) is 15.0. The lowest BCUT2D eigenvalue weighted by Crippen LogP contribution is -2.12. The summed E-state index contributed by atoms with van der Waals surface area (Å²) in [5.41, 5.74) is 2.98. The zero-order valence-electron chi connectivity index (χ0n) is 13.9. The first-order valence-electron chi connectivity index (χ1n) is 7.70. The lowest BCUT2D eigenvalue weighted by atomic mass is 10.0. The quantitative estimate of drug-likeness (QED) is 0.442. The smallest absolute Gasteiger partial charge is 0.256 e. The van der Waals surface area contributed by atoms with Gasteiger partial charge in [0.15, 0.2) is 0 Å². The number of thiophene rings is 1. The van der Waals surface area contributed by atoms with Crippen LogP contribution in [0, 0.1) is 0 Å². The minimum atomic E-state index is -0.253. The van der Waals surface area contributed by atoms with Gasteiger partial charge in [-0.15, -0.1) is 11.3 Å². The third kappa shape index (κ3) is 4.05. The number of hydrogen-bond acceptors (Lipinski definition) is 5. The molecule has 3 aromatic rings. The van der Waals surface area contributed by atoms with Gasteiger partial charge in [0.05, 0.1) is 7.11 Å². The maximum absolute atomic E-state index is 12.5. The average molecular weight is 390 g/mol. The van der Waals surface area contributed by atoms with E-state index in [0.29, 0.717) is 26.9 Å². The van der Waals surface area contributed by atoms with Crippen molar-refractivity contribution in [3.63, 3.8) is 0 Å². The summed E-state index contributed by atoms with van der Waals surface area (Å²) in [6.07, 6.45) is 0. The molecule has 1 aromatic heterocycles. The number of benzene rings is 2. The maximum atomic E-state index is 12.5. The van der Waals surface area contributed by atoms with Crippen molar-refractivity contribution in [2.24, 2.45) is 0 Å². The van der Waals surface area contributed by atoms with Gasteiger partial charge in [-0.2, -0.15) is 0 Å². The van der Waals surface area contributed by atoms with Gasteiger partial charge in [-0.05, 0) is 42.0 Å². The Morgan fingerprint density at radius 3 is 2.46 bits per heavy atom. The fraction of sp³-hybridized carbons (Fsp3) is 0.105. The second kappa shape index (κ2) is 8.33. The van der Waals surface area contributed by atoms with Gasteiger partial charge in [0.2, 0.25) is 0 Å². The minimum Gasteiger partial charge on any atom is -0.497 e. The van der Waals surface area contributed by atoms with Crippen LogP contribution in [0.25, 0.3) is 11.1 Å². The van der Waals surface area contributed by atoms with E-state index in [9.17, 15) is 4.79 Å². The van der Waals surface area contributed by atoms with Crippen molar-refractivity contribution in [2.75, 3.05) is 12.4 Å². The summed E-state index contributed by atoms with van der Waals surface area (Å²) in [6, 6.07) is 14.1. The van der Waals surface area contributed by atoms with Crippen molar-refractivity contribution in [3.05, 3.63) is 70.1 Å². The molecule has 26 heavy (non-hydrogen) atoms. The van der Waals surface area contributed by atoms with Crippen molar-refractivity contribution in [3.8, 4) is 16.9 Å². The van der Waals surface area contributed by atoms with Crippen LogP contribution in [0.15, 0.2) is 53.9 Å². The van der Waals surface area contributed by atoms with Crippen LogP contribution in [-0.4, -0.2) is 18.3 Å². The molecule has 0 unspecified atom stereocenters. The topological polar surface area (TPSA) is 67.8 Å². The molecule has 0 atom stereocenters. The molecule has 1 heterocycles. The molecule has 2 aromatic carbocycles. The summed E-state index contributed by atoms with van der Waals surface area (Å²) in [4.78, 5) is 16.8. The predicted molar refractivity (Wildman–Crippen MR) is 103 cm³/mol. The number of carbonyl (C=O) groups is 1. The highest BCUT2D eigenvalue weighted by Crippen LogP contribution is 2.36. The summed E-state index contributed by atoms with van der Waals surface area (Å²) in [7, 11) is 1.57. The normalized spacial score (nSPS) is 10.6. The molecule has 0 radical (unpaired) electrons. The Kier molecular flexibility index (Phi) is 5.90. The molecule has 2 N–H and O–H groups in total. The molecule has 7 heteroatoms. The summed E-state index contributed by atoms with van der Waals surface area (Å²) < 4.78 is 5.10. The standard InChI is InChI=1S/C19H16ClNO4S/c1-24-15-8-4-13(5-9-15)18(22)21-19-16(10-25-23)17(11-26-19)12-2-6-14(20)7-3-12/h2-9,11,23H,10H2,1H3,(H,21,22). The van der Waals surface area contributed by atoms with Gasteiger partial charge in [0.25, 0.3) is 5.91 Å². The highest BCUT2D eigenvalue weighted by Gasteiger charge is 2.17. The molecule has 5 nitrogen and oxygen atoms in total. The number of amides is 1. The highest BCUT2D eigenvalue weighted by molar-refractivity contribution is 7.15. The van der Waals surface area contributed by atoms with Crippen LogP contribution in [0.1, 0.15) is 15.9 Å². The lowest BCUT2D eigenvalue weighted by Gasteiger charge is -2.08. The molecule has 0 saturated heterocycles. The number of anilines is 1. The van der Waals surface area contributed by atoms with E-state index < -0.39 is 0 Å². The van der Waals surface area contributed by atoms with Gasteiger partial charge in [-0.25, -0.2) is 4.89 Å². The molecule has 0 aliphatic carbocycles. The number of hydrogen-bond donors (Lipinski definition) is 2. The fourth-order valence-electron chi connectivity index (χ4n) is 2.48. The molecule has 0 bridgehead atoms. The number of ether oxygens (including phenoxy) is 1. The third-order valence-corrected chi connectivity index (χ3v) is 5.03. The van der Waals surface area contributed by atoms with Crippen molar-refractivity contribution < 1.29 is 19.7 Å². The predicted octanol–water partition coefficient (Wildman–Crippen LogP) is 5.32. The van der Waals surface area contributed by atoms with Crippen LogP contribution in [0.2, 0.25) is 5.02 Å². The summed E-state index contributed by atoms with van der Waals surface area (Å²) >= 11 is 7.30. The monoisotopic (exact) mass is 389 g/mol. The number of rotatable bonds is 6. The molecular formula is C19H16ClNO4S.